The standard InChI is InChI=1S/C22H44N3O11P/c1-18-20(25-22(28)24-18)6-3-2-4-7-21(27)23-8-5-9-32-10-11-33-12-13-34-14-15-35-17-19(16-26)36-37(29,30)31/h18-20,26H,2-17H2,1H3,(H,23,27)(H2,24,25,28)(H2,29,30,31). The number of carbonyl (C=O) groups excluding carboxylic acids is 2. The third-order valence-electron chi connectivity index (χ3n) is 5.40. The number of aliphatic hydroxyl groups is 1. The number of phosphoric ester groups is 1. The smallest absolute Gasteiger partial charge is 0.394 e. The van der Waals surface area contributed by atoms with E-state index >= 15 is 0 Å². The van der Waals surface area contributed by atoms with Gasteiger partial charge < -0.3 is 49.8 Å². The maximum absolute atomic E-state index is 11.9. The number of ether oxygens (including phenoxy) is 4. The molecule has 1 aliphatic heterocycles. The Balaban J connectivity index is 1.78. The average Bonchev–Trinajstić information content (AvgIpc) is 3.16. The van der Waals surface area contributed by atoms with Crippen LogP contribution in [0.1, 0.15) is 45.4 Å². The number of carbonyl (C=O) groups is 2. The number of nitrogens with one attached hydrogen (secondary N) is 3. The first-order chi connectivity index (χ1) is 17.7. The lowest BCUT2D eigenvalue weighted by Crippen LogP contribution is -2.30. The molecule has 0 aliphatic carbocycles. The minimum Gasteiger partial charge on any atom is -0.394 e. The lowest BCUT2D eigenvalue weighted by molar-refractivity contribution is -0.121. The fourth-order valence-electron chi connectivity index (χ4n) is 3.47. The fourth-order valence-corrected chi connectivity index (χ4v) is 3.98. The summed E-state index contributed by atoms with van der Waals surface area (Å²) in [5.41, 5.74) is 0. The average molecular weight is 558 g/mol. The van der Waals surface area contributed by atoms with Crippen LogP contribution in [0.3, 0.4) is 0 Å². The summed E-state index contributed by atoms with van der Waals surface area (Å²) in [5.74, 6) is 0.0422. The molecule has 3 amide bonds. The van der Waals surface area contributed by atoms with Crippen molar-refractivity contribution in [3.63, 3.8) is 0 Å². The molecule has 3 unspecified atom stereocenters. The lowest BCUT2D eigenvalue weighted by atomic mass is 10.0. The van der Waals surface area contributed by atoms with Crippen molar-refractivity contribution in [3.05, 3.63) is 0 Å². The van der Waals surface area contributed by atoms with Crippen molar-refractivity contribution in [1.29, 1.82) is 0 Å². The van der Waals surface area contributed by atoms with Crippen LogP contribution < -0.4 is 16.0 Å². The van der Waals surface area contributed by atoms with Gasteiger partial charge in [0, 0.05) is 25.6 Å². The number of amides is 3. The molecular weight excluding hydrogens is 513 g/mol. The van der Waals surface area contributed by atoms with Gasteiger partial charge in [-0.25, -0.2) is 9.36 Å². The van der Waals surface area contributed by atoms with Gasteiger partial charge in [0.25, 0.3) is 0 Å². The molecule has 0 saturated carbocycles. The summed E-state index contributed by atoms with van der Waals surface area (Å²) >= 11 is 0. The Labute approximate surface area is 218 Å². The second kappa shape index (κ2) is 20.6. The fraction of sp³-hybridized carbons (Fsp3) is 0.909. The summed E-state index contributed by atoms with van der Waals surface area (Å²) < 4.78 is 36.3. The minimum atomic E-state index is -4.67. The van der Waals surface area contributed by atoms with Gasteiger partial charge >= 0.3 is 13.9 Å². The van der Waals surface area contributed by atoms with E-state index in [4.69, 9.17) is 33.8 Å². The molecule has 1 rings (SSSR count). The Hall–Kier alpha value is -1.35. The van der Waals surface area contributed by atoms with Crippen molar-refractivity contribution in [2.75, 3.05) is 66.0 Å². The molecule has 1 heterocycles. The molecule has 6 N–H and O–H groups in total. The third-order valence-corrected chi connectivity index (χ3v) is 5.97. The Morgan fingerprint density at radius 2 is 1.57 bits per heavy atom. The number of phosphoric acid groups is 1. The van der Waals surface area contributed by atoms with E-state index in [1.165, 1.54) is 0 Å². The first-order valence-electron chi connectivity index (χ1n) is 12.7. The molecule has 0 bridgehead atoms. The maximum Gasteiger partial charge on any atom is 0.470 e. The summed E-state index contributed by atoms with van der Waals surface area (Å²) in [6, 6.07) is 0.218. The molecule has 1 aliphatic rings. The van der Waals surface area contributed by atoms with Gasteiger partial charge in [-0.1, -0.05) is 12.8 Å². The van der Waals surface area contributed by atoms with E-state index in [1.807, 2.05) is 6.92 Å². The largest absolute Gasteiger partial charge is 0.470 e. The quantitative estimate of drug-likeness (QED) is 0.0693. The van der Waals surface area contributed by atoms with Crippen LogP contribution in [0.15, 0.2) is 0 Å². The molecule has 15 heteroatoms. The molecule has 14 nitrogen and oxygen atoms in total. The maximum atomic E-state index is 11.9. The summed E-state index contributed by atoms with van der Waals surface area (Å²) in [4.78, 5) is 40.5. The first kappa shape index (κ1) is 33.7. The van der Waals surface area contributed by atoms with E-state index in [0.717, 1.165) is 32.1 Å². The van der Waals surface area contributed by atoms with Crippen LogP contribution in [-0.2, 0) is 32.8 Å². The Bertz CT molecular complexity index is 668. The molecule has 0 spiro atoms. The zero-order chi connectivity index (χ0) is 27.4. The van der Waals surface area contributed by atoms with Crippen LogP contribution in [-0.4, -0.2) is 111 Å². The summed E-state index contributed by atoms with van der Waals surface area (Å²) in [7, 11) is -4.67. The molecule has 3 atom stereocenters. The molecule has 0 aromatic rings. The number of urea groups is 1. The molecule has 0 radical (unpaired) electrons. The second-order valence-electron chi connectivity index (χ2n) is 8.63. The van der Waals surface area contributed by atoms with E-state index in [9.17, 15) is 14.2 Å². The molecule has 37 heavy (non-hydrogen) atoms. The van der Waals surface area contributed by atoms with Crippen LogP contribution in [0.25, 0.3) is 0 Å². The Kier molecular flexibility index (Phi) is 18.7. The predicted octanol–water partition coefficient (Wildman–Crippen LogP) is 0.0497. The highest BCUT2D eigenvalue weighted by Crippen LogP contribution is 2.37. The van der Waals surface area contributed by atoms with Crippen LogP contribution in [0.2, 0.25) is 0 Å². The van der Waals surface area contributed by atoms with Gasteiger partial charge in [-0.2, -0.15) is 0 Å². The normalized spacial score (nSPS) is 18.4. The Morgan fingerprint density at radius 1 is 0.946 bits per heavy atom. The predicted molar refractivity (Wildman–Crippen MR) is 133 cm³/mol. The van der Waals surface area contributed by atoms with Gasteiger partial charge in [0.1, 0.15) is 6.10 Å². The van der Waals surface area contributed by atoms with E-state index in [2.05, 4.69) is 20.5 Å². The lowest BCUT2D eigenvalue weighted by Gasteiger charge is -2.15. The Morgan fingerprint density at radius 3 is 2.14 bits per heavy atom. The van der Waals surface area contributed by atoms with Crippen molar-refractivity contribution >= 4 is 19.8 Å². The second-order valence-corrected chi connectivity index (χ2v) is 9.82. The highest BCUT2D eigenvalue weighted by atomic mass is 31.2. The molecular formula is C22H44N3O11P. The molecule has 0 aromatic heterocycles. The van der Waals surface area contributed by atoms with Crippen molar-refractivity contribution in [2.45, 2.75) is 63.6 Å². The van der Waals surface area contributed by atoms with Gasteiger partial charge in [-0.05, 0) is 26.2 Å². The van der Waals surface area contributed by atoms with E-state index < -0.39 is 20.5 Å². The van der Waals surface area contributed by atoms with Crippen molar-refractivity contribution in [2.24, 2.45) is 0 Å². The monoisotopic (exact) mass is 557 g/mol. The van der Waals surface area contributed by atoms with Crippen LogP contribution >= 0.6 is 7.82 Å². The van der Waals surface area contributed by atoms with E-state index in [0.29, 0.717) is 46.0 Å². The summed E-state index contributed by atoms with van der Waals surface area (Å²) in [5, 5.41) is 17.6. The summed E-state index contributed by atoms with van der Waals surface area (Å²) in [6.45, 7) is 4.38. The van der Waals surface area contributed by atoms with Gasteiger partial charge in [0.2, 0.25) is 5.91 Å². The van der Waals surface area contributed by atoms with Crippen molar-refractivity contribution < 1.29 is 52.5 Å². The number of aliphatic hydroxyl groups excluding tert-OH is 1. The molecule has 1 fully saturated rings. The molecule has 218 valence electrons. The molecule has 1 saturated heterocycles. The van der Waals surface area contributed by atoms with E-state index in [-0.39, 0.29) is 43.8 Å². The zero-order valence-electron chi connectivity index (χ0n) is 21.6. The van der Waals surface area contributed by atoms with Crippen LogP contribution in [0.5, 0.6) is 0 Å². The van der Waals surface area contributed by atoms with Crippen LogP contribution in [0.4, 0.5) is 4.79 Å². The number of hydrogen-bond donors (Lipinski definition) is 6. The minimum absolute atomic E-state index is 0.0422. The van der Waals surface area contributed by atoms with Crippen molar-refractivity contribution in [3.8, 4) is 0 Å². The highest BCUT2D eigenvalue weighted by Gasteiger charge is 2.26. The topological polar surface area (TPSA) is 194 Å². The number of rotatable bonds is 24. The third kappa shape index (κ3) is 19.4. The zero-order valence-corrected chi connectivity index (χ0v) is 22.5. The number of hydrogen-bond acceptors (Lipinski definition) is 9. The summed E-state index contributed by atoms with van der Waals surface area (Å²) in [6.07, 6.45) is 3.80. The first-order valence-corrected chi connectivity index (χ1v) is 14.2. The SMILES string of the molecule is CC1NC(=O)NC1CCCCCC(=O)NCCCOCCOCCOCCOCC(CO)OP(=O)(O)O. The molecule has 0 aromatic carbocycles. The van der Waals surface area contributed by atoms with Crippen molar-refractivity contribution in [1.82, 2.24) is 16.0 Å². The van der Waals surface area contributed by atoms with E-state index in [1.54, 1.807) is 0 Å². The number of unbranched alkanes of at least 4 members (excludes halogenated alkanes) is 2. The van der Waals surface area contributed by atoms with Crippen LogP contribution in [0, 0.1) is 0 Å². The van der Waals surface area contributed by atoms with Gasteiger partial charge in [0.15, 0.2) is 0 Å². The van der Waals surface area contributed by atoms with Gasteiger partial charge in [0.05, 0.1) is 58.9 Å². The highest BCUT2D eigenvalue weighted by molar-refractivity contribution is 7.46. The van der Waals surface area contributed by atoms with Gasteiger partial charge in [-0.3, -0.25) is 9.32 Å². The van der Waals surface area contributed by atoms with Gasteiger partial charge in [-0.15, -0.1) is 0 Å².